The molecule has 5 heteroatoms. The van der Waals surface area contributed by atoms with Crippen molar-refractivity contribution in [1.82, 2.24) is 4.98 Å². The minimum atomic E-state index is -0.462. The quantitative estimate of drug-likeness (QED) is 0.912. The molecule has 0 saturated carbocycles. The summed E-state index contributed by atoms with van der Waals surface area (Å²) in [7, 11) is 3.10. The van der Waals surface area contributed by atoms with E-state index in [1.54, 1.807) is 25.3 Å². The molecule has 3 rings (SSSR count). The van der Waals surface area contributed by atoms with E-state index in [9.17, 15) is 9.90 Å². The summed E-state index contributed by atoms with van der Waals surface area (Å²) in [5.41, 5.74) is 1.37. The van der Waals surface area contributed by atoms with Crippen molar-refractivity contribution >= 4 is 16.3 Å². The Kier molecular flexibility index (Phi) is 3.73. The van der Waals surface area contributed by atoms with Crippen LogP contribution in [0, 0.1) is 0 Å². The third-order valence-electron chi connectivity index (χ3n) is 3.73. The second-order valence-electron chi connectivity index (χ2n) is 5.13. The molecular weight excluding hydrogens is 282 g/mol. The summed E-state index contributed by atoms with van der Waals surface area (Å²) in [5.74, 6) is 1.11. The van der Waals surface area contributed by atoms with Crippen molar-refractivity contribution in [2.75, 3.05) is 14.2 Å². The largest absolute Gasteiger partial charge is 0.497 e. The van der Waals surface area contributed by atoms with Crippen molar-refractivity contribution in [2.24, 2.45) is 0 Å². The number of pyridine rings is 1. The van der Waals surface area contributed by atoms with Gasteiger partial charge in [-0.2, -0.15) is 0 Å². The van der Waals surface area contributed by atoms with Crippen LogP contribution in [0.1, 0.15) is 12.1 Å². The van der Waals surface area contributed by atoms with Crippen molar-refractivity contribution in [3.05, 3.63) is 52.5 Å². The lowest BCUT2D eigenvalue weighted by atomic mass is 10.0. The van der Waals surface area contributed by atoms with Gasteiger partial charge in [-0.15, -0.1) is 0 Å². The van der Waals surface area contributed by atoms with Crippen LogP contribution in [0.4, 0.5) is 0 Å². The molecule has 0 saturated heterocycles. The number of benzene rings is 1. The van der Waals surface area contributed by atoms with E-state index in [0.717, 1.165) is 11.0 Å². The van der Waals surface area contributed by atoms with Gasteiger partial charge < -0.3 is 19.6 Å². The summed E-state index contributed by atoms with van der Waals surface area (Å²) in [6.07, 6.45) is 5.50. The highest BCUT2D eigenvalue weighted by Crippen LogP contribution is 2.30. The lowest BCUT2D eigenvalue weighted by Crippen LogP contribution is -2.11. The molecule has 1 aromatic carbocycles. The Hall–Kier alpha value is -2.53. The predicted octanol–water partition coefficient (Wildman–Crippen LogP) is 2.25. The van der Waals surface area contributed by atoms with Crippen molar-refractivity contribution in [2.45, 2.75) is 12.5 Å². The van der Waals surface area contributed by atoms with Gasteiger partial charge in [0.15, 0.2) is 0 Å². The van der Waals surface area contributed by atoms with Gasteiger partial charge in [-0.1, -0.05) is 18.2 Å². The number of nitrogens with one attached hydrogen (secondary N) is 1. The van der Waals surface area contributed by atoms with E-state index in [4.69, 9.17) is 9.47 Å². The molecule has 0 aliphatic heterocycles. The first-order chi connectivity index (χ1) is 10.6. The summed E-state index contributed by atoms with van der Waals surface area (Å²) in [6, 6.07) is 5.38. The fourth-order valence-corrected chi connectivity index (χ4v) is 2.59. The number of aliphatic hydroxyl groups excluding tert-OH is 1. The molecular formula is C17H17NO4. The van der Waals surface area contributed by atoms with Crippen molar-refractivity contribution in [3.63, 3.8) is 0 Å². The summed E-state index contributed by atoms with van der Waals surface area (Å²) >= 11 is 0. The SMILES string of the molecule is COc1cc(OC)c2c(=O)[nH]c(C3=CCC(O)C=C3)cc2c1. The third-order valence-corrected chi connectivity index (χ3v) is 3.73. The Morgan fingerprint density at radius 1 is 1.23 bits per heavy atom. The molecule has 0 spiro atoms. The zero-order chi connectivity index (χ0) is 15.7. The second-order valence-corrected chi connectivity index (χ2v) is 5.13. The number of hydrogen-bond donors (Lipinski definition) is 2. The number of aliphatic hydroxyl groups is 1. The molecule has 0 amide bonds. The number of H-pyrrole nitrogens is 1. The van der Waals surface area contributed by atoms with E-state index in [0.29, 0.717) is 29.0 Å². The molecule has 114 valence electrons. The summed E-state index contributed by atoms with van der Waals surface area (Å²) in [5, 5.41) is 10.7. The minimum Gasteiger partial charge on any atom is -0.497 e. The molecule has 1 aromatic heterocycles. The fourth-order valence-electron chi connectivity index (χ4n) is 2.59. The number of hydrogen-bond acceptors (Lipinski definition) is 4. The van der Waals surface area contributed by atoms with Crippen molar-refractivity contribution in [1.29, 1.82) is 0 Å². The van der Waals surface area contributed by atoms with Gasteiger partial charge in [-0.3, -0.25) is 4.79 Å². The Morgan fingerprint density at radius 3 is 2.68 bits per heavy atom. The molecule has 0 fully saturated rings. The van der Waals surface area contributed by atoms with Crippen LogP contribution in [0.5, 0.6) is 11.5 Å². The summed E-state index contributed by atoms with van der Waals surface area (Å²) in [6.45, 7) is 0. The monoisotopic (exact) mass is 299 g/mol. The van der Waals surface area contributed by atoms with E-state index >= 15 is 0 Å². The topological polar surface area (TPSA) is 71.5 Å². The molecule has 2 N–H and O–H groups in total. The lowest BCUT2D eigenvalue weighted by Gasteiger charge is -2.13. The van der Waals surface area contributed by atoms with E-state index in [-0.39, 0.29) is 5.56 Å². The maximum atomic E-state index is 12.4. The average molecular weight is 299 g/mol. The lowest BCUT2D eigenvalue weighted by molar-refractivity contribution is 0.226. The van der Waals surface area contributed by atoms with E-state index in [2.05, 4.69) is 4.98 Å². The summed E-state index contributed by atoms with van der Waals surface area (Å²) < 4.78 is 10.5. The number of allylic oxidation sites excluding steroid dienone is 2. The van der Waals surface area contributed by atoms with Crippen molar-refractivity contribution in [3.8, 4) is 11.5 Å². The van der Waals surface area contributed by atoms with Gasteiger partial charge in [-0.25, -0.2) is 0 Å². The second kappa shape index (κ2) is 5.69. The molecule has 1 aliphatic carbocycles. The smallest absolute Gasteiger partial charge is 0.260 e. The van der Waals surface area contributed by atoms with Gasteiger partial charge in [-0.05, 0) is 29.5 Å². The first kappa shape index (κ1) is 14.4. The molecule has 5 nitrogen and oxygen atoms in total. The molecule has 2 aromatic rings. The van der Waals surface area contributed by atoms with E-state index < -0.39 is 6.10 Å². The van der Waals surface area contributed by atoms with Gasteiger partial charge in [0.1, 0.15) is 11.5 Å². The molecule has 0 radical (unpaired) electrons. The highest BCUT2D eigenvalue weighted by Gasteiger charge is 2.13. The van der Waals surface area contributed by atoms with Gasteiger partial charge in [0.05, 0.1) is 25.7 Å². The number of ether oxygens (including phenoxy) is 2. The highest BCUT2D eigenvalue weighted by atomic mass is 16.5. The molecule has 1 aliphatic rings. The third kappa shape index (κ3) is 2.51. The highest BCUT2D eigenvalue weighted by molar-refractivity contribution is 5.91. The van der Waals surface area contributed by atoms with Crippen LogP contribution in [0.2, 0.25) is 0 Å². The maximum Gasteiger partial charge on any atom is 0.260 e. The molecule has 22 heavy (non-hydrogen) atoms. The van der Waals surface area contributed by atoms with Crippen molar-refractivity contribution < 1.29 is 14.6 Å². The molecule has 1 heterocycles. The van der Waals surface area contributed by atoms with E-state index in [1.807, 2.05) is 18.2 Å². The number of rotatable bonds is 3. The van der Waals surface area contributed by atoms with Crippen LogP contribution >= 0.6 is 0 Å². The Balaban J connectivity index is 2.20. The normalized spacial score (nSPS) is 17.4. The first-order valence-electron chi connectivity index (χ1n) is 6.98. The first-order valence-corrected chi connectivity index (χ1v) is 6.98. The van der Waals surface area contributed by atoms with Crippen LogP contribution in [-0.4, -0.2) is 30.4 Å². The Morgan fingerprint density at radius 2 is 2.05 bits per heavy atom. The van der Waals surface area contributed by atoms with Gasteiger partial charge in [0.25, 0.3) is 5.56 Å². The van der Waals surface area contributed by atoms with E-state index in [1.165, 1.54) is 7.11 Å². The molecule has 1 unspecified atom stereocenters. The van der Waals surface area contributed by atoms with Crippen LogP contribution < -0.4 is 15.0 Å². The molecule has 1 atom stereocenters. The van der Waals surface area contributed by atoms with Gasteiger partial charge >= 0.3 is 0 Å². The Bertz CT molecular complexity index is 832. The summed E-state index contributed by atoms with van der Waals surface area (Å²) in [4.78, 5) is 15.3. The predicted molar refractivity (Wildman–Crippen MR) is 85.4 cm³/mol. The average Bonchev–Trinajstić information content (AvgIpc) is 2.54. The fraction of sp³-hybridized carbons (Fsp3) is 0.235. The number of methoxy groups -OCH3 is 2. The number of aromatic nitrogens is 1. The number of aromatic amines is 1. The zero-order valence-electron chi connectivity index (χ0n) is 12.4. The standard InChI is InChI=1S/C17H17NO4/c1-21-13-7-11-8-14(10-3-5-12(19)6-4-10)18-17(20)16(11)15(9-13)22-2/h3-5,7-9,12,19H,6H2,1-2H3,(H,18,20). The number of fused-ring (bicyclic) bond motifs is 1. The molecule has 0 bridgehead atoms. The van der Waals surface area contributed by atoms with Crippen LogP contribution in [-0.2, 0) is 0 Å². The Labute approximate surface area is 127 Å². The minimum absolute atomic E-state index is 0.215. The van der Waals surface area contributed by atoms with Gasteiger partial charge in [0.2, 0.25) is 0 Å². The zero-order valence-corrected chi connectivity index (χ0v) is 12.4. The van der Waals surface area contributed by atoms with Crippen LogP contribution in [0.25, 0.3) is 16.3 Å². The van der Waals surface area contributed by atoms with Gasteiger partial charge in [0, 0.05) is 11.8 Å². The van der Waals surface area contributed by atoms with Crippen LogP contribution in [0.3, 0.4) is 0 Å². The van der Waals surface area contributed by atoms with Crippen LogP contribution in [0.15, 0.2) is 41.2 Å². The maximum absolute atomic E-state index is 12.4.